The van der Waals surface area contributed by atoms with Crippen molar-refractivity contribution in [3.05, 3.63) is 441 Å². The van der Waals surface area contributed by atoms with Crippen LogP contribution in [0.25, 0.3) is 214 Å². The van der Waals surface area contributed by atoms with Gasteiger partial charge >= 0.3 is 0 Å². The summed E-state index contributed by atoms with van der Waals surface area (Å²) in [5, 5.41) is 20.3. The third kappa shape index (κ3) is 11.9. The quantitative estimate of drug-likeness (QED) is 0.140. The van der Waals surface area contributed by atoms with Gasteiger partial charge in [0.2, 0.25) is 0 Å². The number of rotatable bonds is 9. The van der Waals surface area contributed by atoms with Crippen molar-refractivity contribution < 1.29 is 0 Å². The highest BCUT2D eigenvalue weighted by Gasteiger charge is 2.22. The van der Waals surface area contributed by atoms with Gasteiger partial charge in [0.05, 0.1) is 33.1 Å². The number of halogens is 1. The number of nitrogens with one attached hydrogen (secondary N) is 1. The van der Waals surface area contributed by atoms with Crippen molar-refractivity contribution in [3.63, 3.8) is 0 Å². The highest BCUT2D eigenvalue weighted by atomic mass is 79.9. The lowest BCUT2D eigenvalue weighted by Crippen LogP contribution is -1.95. The van der Waals surface area contributed by atoms with Gasteiger partial charge < -0.3 is 18.7 Å². The molecule has 0 unspecified atom stereocenters. The molecule has 0 aliphatic carbocycles. The van der Waals surface area contributed by atoms with Gasteiger partial charge in [-0.05, 0) is 231 Å². The monoisotopic (exact) mass is 1550 g/mol. The molecule has 0 radical (unpaired) electrons. The Balaban J connectivity index is 0.000000118. The van der Waals surface area contributed by atoms with Crippen LogP contribution in [0.2, 0.25) is 0 Å². The molecule has 548 valence electrons. The normalized spacial score (nSPS) is 11.6. The second kappa shape index (κ2) is 28.9. The molecule has 4 nitrogen and oxygen atoms in total. The summed E-state index contributed by atoms with van der Waals surface area (Å²) in [5.41, 5.74) is 28.2. The van der Waals surface area contributed by atoms with Crippen LogP contribution < -0.4 is 0 Å². The predicted octanol–water partition coefficient (Wildman–Crippen LogP) is 31.4. The van der Waals surface area contributed by atoms with Crippen molar-refractivity contribution >= 4 is 146 Å². The van der Waals surface area contributed by atoms with Gasteiger partial charge in [0.1, 0.15) is 0 Å². The summed E-state index contributed by atoms with van der Waals surface area (Å²) in [4.78, 5) is 3.53. The number of H-pyrrole nitrogens is 1. The molecule has 0 aliphatic rings. The first-order valence-corrected chi connectivity index (χ1v) is 40.9. The largest absolute Gasteiger partial charge is 0.355 e. The van der Waals surface area contributed by atoms with E-state index in [1.807, 2.05) is 0 Å². The predicted molar refractivity (Wildman–Crippen MR) is 502 cm³/mol. The molecule has 0 saturated carbocycles. The van der Waals surface area contributed by atoms with Crippen LogP contribution >= 0.6 is 15.9 Å². The van der Waals surface area contributed by atoms with E-state index in [0.717, 1.165) is 10.2 Å². The van der Waals surface area contributed by atoms with E-state index < -0.39 is 0 Å². The van der Waals surface area contributed by atoms with Crippen LogP contribution in [0.5, 0.6) is 0 Å². The van der Waals surface area contributed by atoms with E-state index in [1.54, 1.807) is 0 Å². The molecule has 0 aliphatic heterocycles. The van der Waals surface area contributed by atoms with Crippen molar-refractivity contribution in [3.8, 4) is 83.8 Å². The maximum atomic E-state index is 3.56. The van der Waals surface area contributed by atoms with Crippen molar-refractivity contribution in [2.24, 2.45) is 0 Å². The number of para-hydroxylation sites is 6. The van der Waals surface area contributed by atoms with E-state index >= 15 is 0 Å². The highest BCUT2D eigenvalue weighted by Crippen LogP contribution is 2.48. The van der Waals surface area contributed by atoms with Crippen LogP contribution in [0, 0.1) is 0 Å². The van der Waals surface area contributed by atoms with Crippen molar-refractivity contribution in [2.45, 2.75) is 0 Å². The highest BCUT2D eigenvalue weighted by molar-refractivity contribution is 9.10. The van der Waals surface area contributed by atoms with E-state index in [9.17, 15) is 0 Å². The lowest BCUT2D eigenvalue weighted by molar-refractivity contribution is 1.18. The summed E-state index contributed by atoms with van der Waals surface area (Å²) in [6.45, 7) is 0. The van der Waals surface area contributed by atoms with Gasteiger partial charge in [-0.3, -0.25) is 0 Å². The molecule has 117 heavy (non-hydrogen) atoms. The van der Waals surface area contributed by atoms with Crippen LogP contribution in [0.15, 0.2) is 441 Å². The number of nitrogens with zero attached hydrogens (tertiary/aromatic N) is 3. The fourth-order valence-corrected chi connectivity index (χ4v) is 18.8. The second-order valence-electron chi connectivity index (χ2n) is 30.3. The molecule has 4 heterocycles. The van der Waals surface area contributed by atoms with Crippen LogP contribution in [-0.2, 0) is 0 Å². The smallest absolute Gasteiger partial charge is 0.0541 e. The minimum atomic E-state index is 1.10. The van der Waals surface area contributed by atoms with E-state index in [1.165, 1.54) is 208 Å². The lowest BCUT2D eigenvalue weighted by Gasteiger charge is -2.18. The molecule has 0 spiro atoms. The van der Waals surface area contributed by atoms with Crippen LogP contribution in [0.1, 0.15) is 0 Å². The molecule has 0 amide bonds. The molecule has 0 atom stereocenters. The van der Waals surface area contributed by atoms with Crippen LogP contribution in [-0.4, -0.2) is 18.7 Å². The third-order valence-electron chi connectivity index (χ3n) is 23.8. The lowest BCUT2D eigenvalue weighted by atomic mass is 9.86. The number of benzene rings is 20. The van der Waals surface area contributed by atoms with Gasteiger partial charge in [0.15, 0.2) is 0 Å². The van der Waals surface area contributed by atoms with Crippen molar-refractivity contribution in [1.29, 1.82) is 0 Å². The summed E-state index contributed by atoms with van der Waals surface area (Å²) in [6, 6.07) is 158. The number of fused-ring (bicyclic) bond motifs is 16. The molecular formula is C112H73BrN4. The Kier molecular flexibility index (Phi) is 17.0. The Morgan fingerprint density at radius 2 is 0.385 bits per heavy atom. The van der Waals surface area contributed by atoms with Gasteiger partial charge in [0, 0.05) is 75.7 Å². The Bertz CT molecular complexity index is 7860. The molecule has 4 aromatic heterocycles. The van der Waals surface area contributed by atoms with E-state index in [2.05, 4.69) is 471 Å². The van der Waals surface area contributed by atoms with Crippen LogP contribution in [0.3, 0.4) is 0 Å². The van der Waals surface area contributed by atoms with E-state index in [4.69, 9.17) is 0 Å². The number of aromatic nitrogens is 4. The maximum absolute atomic E-state index is 3.56. The molecule has 24 aromatic rings. The van der Waals surface area contributed by atoms with Crippen molar-refractivity contribution in [2.75, 3.05) is 0 Å². The SMILES string of the molecule is Brc1ccc(-c2c3ccccc3c(-c3ccccc3)c3ccccc23)cc1.c1ccc(-c2c3ccccc3c(-c3ccc(-n4c5ccccc5c5cc(-c6ccc7c(c6)c6ccccc6n7-c6ccccc6)ccc54)cc3)c3ccccc23)cc1.c1ccc(-n2c3ccccc3c3cc(-c4ccc5[nH]c6ccccc6c5c4)ccc32)cc1. The Hall–Kier alpha value is -14.9. The summed E-state index contributed by atoms with van der Waals surface area (Å²) in [5.74, 6) is 0. The molecule has 24 rings (SSSR count). The van der Waals surface area contributed by atoms with E-state index in [0.29, 0.717) is 0 Å². The summed E-state index contributed by atoms with van der Waals surface area (Å²) >= 11 is 3.56. The average molecular weight is 1550 g/mol. The van der Waals surface area contributed by atoms with Gasteiger partial charge in [-0.1, -0.05) is 331 Å². The topological polar surface area (TPSA) is 30.6 Å². The summed E-state index contributed by atoms with van der Waals surface area (Å²) in [7, 11) is 0. The number of hydrogen-bond donors (Lipinski definition) is 1. The summed E-state index contributed by atoms with van der Waals surface area (Å²) < 4.78 is 8.25. The zero-order valence-corrected chi connectivity index (χ0v) is 65.4. The fraction of sp³-hybridized carbons (Fsp3) is 0. The molecule has 5 heteroatoms. The molecule has 0 saturated heterocycles. The zero-order valence-electron chi connectivity index (χ0n) is 63.8. The minimum absolute atomic E-state index is 1.10. The van der Waals surface area contributed by atoms with Gasteiger partial charge in [-0.2, -0.15) is 0 Å². The molecule has 0 fully saturated rings. The fourth-order valence-electron chi connectivity index (χ4n) is 18.6. The maximum Gasteiger partial charge on any atom is 0.0541 e. The Morgan fingerprint density at radius 1 is 0.154 bits per heavy atom. The average Bonchev–Trinajstić information content (AvgIpc) is 1.74. The first-order chi connectivity index (χ1) is 58.0. The van der Waals surface area contributed by atoms with Gasteiger partial charge in [-0.15, -0.1) is 0 Å². The third-order valence-corrected chi connectivity index (χ3v) is 24.3. The van der Waals surface area contributed by atoms with Crippen LogP contribution in [0.4, 0.5) is 0 Å². The second-order valence-corrected chi connectivity index (χ2v) is 31.2. The molecule has 0 bridgehead atoms. The Labute approximate surface area is 685 Å². The molecular weight excluding hydrogens is 1480 g/mol. The number of aromatic amines is 1. The first-order valence-electron chi connectivity index (χ1n) is 40.1. The molecule has 20 aromatic carbocycles. The molecule has 1 N–H and O–H groups in total. The minimum Gasteiger partial charge on any atom is -0.355 e. The summed E-state index contributed by atoms with van der Waals surface area (Å²) in [6.07, 6.45) is 0. The number of hydrogen-bond acceptors (Lipinski definition) is 0. The van der Waals surface area contributed by atoms with Crippen molar-refractivity contribution in [1.82, 2.24) is 18.7 Å². The van der Waals surface area contributed by atoms with Gasteiger partial charge in [-0.25, -0.2) is 0 Å². The zero-order chi connectivity index (χ0) is 77.4. The first kappa shape index (κ1) is 68.9. The van der Waals surface area contributed by atoms with Gasteiger partial charge in [0.25, 0.3) is 0 Å². The Morgan fingerprint density at radius 3 is 0.735 bits per heavy atom. The van der Waals surface area contributed by atoms with E-state index in [-0.39, 0.29) is 0 Å². The standard InChI is InChI=1S/C56H36N2.C30H20N2.C26H17Br/c1-3-15-37(16-4-1)55-45-21-7-9-23-47(45)56(48-24-10-8-22-46(48)55)38-27-31-42(32-28-38)58-52-26-14-12-20-44(52)50-36-40(30-34-54(50)58)39-29-33-53-49(35-39)43-19-11-13-25-51(43)57(53)41-17-5-2-6-18-41;1-2-8-22(9-3-1)32-29-13-7-5-11-24(29)26-19-21(15-17-30(26)32)20-14-16-28-25(18-20)23-10-4-6-12-27(23)31-28;27-20-16-14-19(15-17-20)26-23-12-6-4-10-21(23)25(18-8-2-1-3-9-18)22-11-5-7-13-24(22)26/h1-36H;1-19,31H;1-17H.